The number of carbonyl (C=O) groups excluding carboxylic acids is 1. The predicted octanol–water partition coefficient (Wildman–Crippen LogP) is 1.86. The molecule has 0 amide bonds. The summed E-state index contributed by atoms with van der Waals surface area (Å²) in [5, 5.41) is 0. The summed E-state index contributed by atoms with van der Waals surface area (Å²) >= 11 is 0. The van der Waals surface area contributed by atoms with Crippen LogP contribution in [-0.2, 0) is 0 Å². The van der Waals surface area contributed by atoms with Crippen molar-refractivity contribution in [3.05, 3.63) is 35.1 Å². The summed E-state index contributed by atoms with van der Waals surface area (Å²) in [4.78, 5) is 19.0. The van der Waals surface area contributed by atoms with Gasteiger partial charge in [0.25, 0.3) is 0 Å². The molecule has 3 nitrogen and oxygen atoms in total. The number of nitrogens with zero attached hydrogens (tertiary/aromatic N) is 2. The van der Waals surface area contributed by atoms with Crippen molar-refractivity contribution in [1.82, 2.24) is 0 Å². The van der Waals surface area contributed by atoms with Crippen molar-refractivity contribution in [2.45, 2.75) is 6.42 Å². The molecule has 0 saturated heterocycles. The molecule has 0 atom stereocenters. The minimum Gasteiger partial charge on any atom is -0.298 e. The van der Waals surface area contributed by atoms with Gasteiger partial charge in [0.1, 0.15) is 5.82 Å². The molecular weight excluding hydrogens is 195 g/mol. The van der Waals surface area contributed by atoms with E-state index >= 15 is 0 Å². The first-order chi connectivity index (χ1) is 7.31. The van der Waals surface area contributed by atoms with Crippen LogP contribution in [0.1, 0.15) is 22.3 Å². The van der Waals surface area contributed by atoms with Crippen LogP contribution in [0.3, 0.4) is 0 Å². The Morgan fingerprint density at radius 3 is 2.93 bits per heavy atom. The van der Waals surface area contributed by atoms with Gasteiger partial charge in [0.05, 0.1) is 0 Å². The van der Waals surface area contributed by atoms with E-state index in [1.165, 1.54) is 18.2 Å². The maximum atomic E-state index is 12.9. The Labute approximate surface area is 86.4 Å². The van der Waals surface area contributed by atoms with E-state index in [2.05, 4.69) is 9.98 Å². The Kier molecular flexibility index (Phi) is 2.67. The molecular formula is C11H9FN2O. The number of aliphatic imine (C=N–C) groups is 2. The highest BCUT2D eigenvalue weighted by Gasteiger charge is 2.10. The lowest BCUT2D eigenvalue weighted by atomic mass is 10.1. The largest absolute Gasteiger partial charge is 0.298 e. The van der Waals surface area contributed by atoms with Gasteiger partial charge in [-0.05, 0) is 18.2 Å². The van der Waals surface area contributed by atoms with Crippen molar-refractivity contribution in [3.63, 3.8) is 0 Å². The molecule has 1 aromatic rings. The van der Waals surface area contributed by atoms with Gasteiger partial charge in [0, 0.05) is 30.3 Å². The maximum absolute atomic E-state index is 12.9. The van der Waals surface area contributed by atoms with E-state index in [1.807, 2.05) is 0 Å². The number of amidine groups is 1. The average molecular weight is 204 g/mol. The van der Waals surface area contributed by atoms with Crippen molar-refractivity contribution in [2.75, 3.05) is 6.54 Å². The predicted molar refractivity (Wildman–Crippen MR) is 56.3 cm³/mol. The van der Waals surface area contributed by atoms with Gasteiger partial charge in [-0.3, -0.25) is 9.79 Å². The van der Waals surface area contributed by atoms with E-state index in [0.29, 0.717) is 24.2 Å². The summed E-state index contributed by atoms with van der Waals surface area (Å²) in [5.41, 5.74) is 0.871. The topological polar surface area (TPSA) is 41.8 Å². The van der Waals surface area contributed by atoms with Crippen molar-refractivity contribution in [3.8, 4) is 0 Å². The number of hydrogen-bond acceptors (Lipinski definition) is 3. The molecule has 15 heavy (non-hydrogen) atoms. The Morgan fingerprint density at radius 1 is 1.40 bits per heavy atom. The van der Waals surface area contributed by atoms with E-state index in [9.17, 15) is 9.18 Å². The molecule has 1 aliphatic heterocycles. The second-order valence-corrected chi connectivity index (χ2v) is 3.16. The Bertz CT molecular complexity index is 452. The molecule has 1 heterocycles. The van der Waals surface area contributed by atoms with Gasteiger partial charge in [0.2, 0.25) is 0 Å². The van der Waals surface area contributed by atoms with E-state index in [4.69, 9.17) is 0 Å². The van der Waals surface area contributed by atoms with Crippen LogP contribution in [0, 0.1) is 5.82 Å². The fourth-order valence-electron chi connectivity index (χ4n) is 1.41. The summed E-state index contributed by atoms with van der Waals surface area (Å²) in [5.74, 6) is 0.0737. The highest BCUT2D eigenvalue weighted by Crippen LogP contribution is 2.12. The molecule has 2 rings (SSSR count). The fourth-order valence-corrected chi connectivity index (χ4v) is 1.41. The maximum Gasteiger partial charge on any atom is 0.154 e. The van der Waals surface area contributed by atoms with Crippen LogP contribution in [0.25, 0.3) is 0 Å². The van der Waals surface area contributed by atoms with Gasteiger partial charge in [0.15, 0.2) is 12.1 Å². The second kappa shape index (κ2) is 4.13. The molecule has 0 unspecified atom stereocenters. The zero-order chi connectivity index (χ0) is 10.7. The van der Waals surface area contributed by atoms with Crippen LogP contribution in [0.15, 0.2) is 28.2 Å². The molecule has 0 fully saturated rings. The third-order valence-corrected chi connectivity index (χ3v) is 2.11. The Hall–Kier alpha value is -1.84. The van der Waals surface area contributed by atoms with Crippen LogP contribution >= 0.6 is 0 Å². The highest BCUT2D eigenvalue weighted by atomic mass is 19.1. The second-order valence-electron chi connectivity index (χ2n) is 3.16. The minimum absolute atomic E-state index is 0.285. The zero-order valence-corrected chi connectivity index (χ0v) is 7.98. The Balaban J connectivity index is 2.47. The standard InChI is InChI=1S/C11H9FN2O/c12-9-2-3-10(8(6-9)7-15)11-13-4-1-5-14-11/h2-4,6-7H,1,5H2. The van der Waals surface area contributed by atoms with Gasteiger partial charge in [-0.25, -0.2) is 9.38 Å². The molecule has 0 aliphatic carbocycles. The van der Waals surface area contributed by atoms with Crippen LogP contribution in [0.4, 0.5) is 4.39 Å². The van der Waals surface area contributed by atoms with Gasteiger partial charge < -0.3 is 0 Å². The minimum atomic E-state index is -0.429. The smallest absolute Gasteiger partial charge is 0.154 e. The Morgan fingerprint density at radius 2 is 2.27 bits per heavy atom. The van der Waals surface area contributed by atoms with Crippen molar-refractivity contribution >= 4 is 18.3 Å². The first kappa shape index (κ1) is 9.71. The lowest BCUT2D eigenvalue weighted by Crippen LogP contribution is -2.07. The summed E-state index contributed by atoms with van der Waals surface area (Å²) in [7, 11) is 0. The molecule has 0 spiro atoms. The van der Waals surface area contributed by atoms with Gasteiger partial charge in [-0.2, -0.15) is 0 Å². The van der Waals surface area contributed by atoms with Gasteiger partial charge >= 0.3 is 0 Å². The van der Waals surface area contributed by atoms with Crippen LogP contribution < -0.4 is 0 Å². The summed E-state index contributed by atoms with van der Waals surface area (Å²) in [6.45, 7) is 0.661. The molecule has 0 saturated carbocycles. The van der Waals surface area contributed by atoms with E-state index in [1.54, 1.807) is 6.21 Å². The number of benzene rings is 1. The van der Waals surface area contributed by atoms with Gasteiger partial charge in [-0.15, -0.1) is 0 Å². The van der Waals surface area contributed by atoms with Crippen molar-refractivity contribution in [1.29, 1.82) is 0 Å². The van der Waals surface area contributed by atoms with E-state index in [0.717, 1.165) is 6.42 Å². The number of halogens is 1. The lowest BCUT2D eigenvalue weighted by molar-refractivity contribution is 0.112. The van der Waals surface area contributed by atoms with Crippen molar-refractivity contribution < 1.29 is 9.18 Å². The zero-order valence-electron chi connectivity index (χ0n) is 7.98. The molecule has 4 heteroatoms. The van der Waals surface area contributed by atoms with Crippen LogP contribution in [0.5, 0.6) is 0 Å². The third kappa shape index (κ3) is 1.98. The average Bonchev–Trinajstić information content (AvgIpc) is 2.30. The van der Waals surface area contributed by atoms with Crippen molar-refractivity contribution in [2.24, 2.45) is 9.98 Å². The monoisotopic (exact) mass is 204 g/mol. The number of aldehydes is 1. The quantitative estimate of drug-likeness (QED) is 0.678. The molecule has 1 aromatic carbocycles. The van der Waals surface area contributed by atoms with E-state index < -0.39 is 5.82 Å². The molecule has 76 valence electrons. The first-order valence-electron chi connectivity index (χ1n) is 4.63. The summed E-state index contributed by atoms with van der Waals surface area (Å²) in [6.07, 6.45) is 3.17. The third-order valence-electron chi connectivity index (χ3n) is 2.11. The summed E-state index contributed by atoms with van der Waals surface area (Å²) < 4.78 is 12.9. The number of rotatable bonds is 2. The normalized spacial score (nSPS) is 14.9. The highest BCUT2D eigenvalue weighted by molar-refractivity contribution is 6.08. The summed E-state index contributed by atoms with van der Waals surface area (Å²) in [6, 6.07) is 4.02. The molecule has 0 radical (unpaired) electrons. The molecule has 0 bridgehead atoms. The molecule has 0 N–H and O–H groups in total. The van der Waals surface area contributed by atoms with Crippen LogP contribution in [0.2, 0.25) is 0 Å². The number of carbonyl (C=O) groups is 1. The van der Waals surface area contributed by atoms with E-state index in [-0.39, 0.29) is 5.56 Å². The molecule has 1 aliphatic rings. The van der Waals surface area contributed by atoms with Crippen LogP contribution in [-0.4, -0.2) is 24.9 Å². The lowest BCUT2D eigenvalue weighted by Gasteiger charge is -2.07. The first-order valence-corrected chi connectivity index (χ1v) is 4.63. The van der Waals surface area contributed by atoms with Gasteiger partial charge in [-0.1, -0.05) is 0 Å². The molecule has 0 aromatic heterocycles. The SMILES string of the molecule is O=Cc1cc(F)ccc1C1=NCCC=N1. The fraction of sp³-hybridized carbons (Fsp3) is 0.182. The number of hydrogen-bond donors (Lipinski definition) is 0.